The van der Waals surface area contributed by atoms with Gasteiger partial charge in [0.05, 0.1) is 38.6 Å². The van der Waals surface area contributed by atoms with Crippen molar-refractivity contribution in [2.45, 2.75) is 266 Å². The van der Waals surface area contributed by atoms with Crippen LogP contribution in [0.25, 0.3) is 0 Å². The van der Waals surface area contributed by atoms with E-state index < -0.39 is 124 Å². The maximum atomic E-state index is 13.2. The van der Waals surface area contributed by atoms with Crippen LogP contribution in [-0.2, 0) is 33.2 Å². The van der Waals surface area contributed by atoms with Gasteiger partial charge in [-0.25, -0.2) is 0 Å². The summed E-state index contributed by atoms with van der Waals surface area (Å²) in [6.07, 6.45) is 10.0. The number of hydrogen-bond donors (Lipinski definition) is 12. The Bertz CT molecular complexity index is 1470. The van der Waals surface area contributed by atoms with Crippen LogP contribution in [0, 0.1) is 0 Å². The summed E-state index contributed by atoms with van der Waals surface area (Å²) in [5.41, 5.74) is 0. The van der Waals surface area contributed by atoms with Crippen LogP contribution in [0.3, 0.4) is 0 Å². The normalized spacial score (nSPS) is 32.3. The van der Waals surface area contributed by atoms with Gasteiger partial charge in [-0.3, -0.25) is 4.79 Å². The molecule has 3 fully saturated rings. The molecule has 0 aliphatic carbocycles. The van der Waals surface area contributed by atoms with E-state index in [1.807, 2.05) is 6.08 Å². The smallest absolute Gasteiger partial charge is 0.220 e. The van der Waals surface area contributed by atoms with Gasteiger partial charge in [0.15, 0.2) is 18.9 Å². The van der Waals surface area contributed by atoms with Gasteiger partial charge in [0, 0.05) is 6.42 Å². The minimum atomic E-state index is -1.98. The number of allylic oxidation sites excluding steroid dienone is 5. The van der Waals surface area contributed by atoms with Crippen molar-refractivity contribution in [1.29, 1.82) is 0 Å². The van der Waals surface area contributed by atoms with Crippen LogP contribution >= 0.6 is 0 Å². The Hall–Kier alpha value is -1.99. The number of ether oxygens (including phenoxy) is 6. The molecule has 0 bridgehead atoms. The first-order chi connectivity index (χ1) is 34.8. The van der Waals surface area contributed by atoms with E-state index >= 15 is 0 Å². The molecule has 1 amide bonds. The molecule has 3 aliphatic rings. The Morgan fingerprint density at radius 3 is 1.38 bits per heavy atom. The maximum absolute atomic E-state index is 13.2. The molecule has 0 aromatic heterocycles. The third-order valence-electron chi connectivity index (χ3n) is 13.7. The lowest BCUT2D eigenvalue weighted by Crippen LogP contribution is -2.66. The summed E-state index contributed by atoms with van der Waals surface area (Å²) in [7, 11) is 0. The van der Waals surface area contributed by atoms with Gasteiger partial charge in [-0.1, -0.05) is 153 Å². The van der Waals surface area contributed by atoms with E-state index in [0.29, 0.717) is 12.8 Å². The molecule has 19 nitrogen and oxygen atoms in total. The lowest BCUT2D eigenvalue weighted by atomic mass is 9.96. The van der Waals surface area contributed by atoms with Crippen molar-refractivity contribution in [1.82, 2.24) is 5.32 Å². The molecule has 3 heterocycles. The molecule has 19 heteroatoms. The highest BCUT2D eigenvalue weighted by Crippen LogP contribution is 2.33. The Kier molecular flexibility index (Phi) is 33.7. The van der Waals surface area contributed by atoms with E-state index in [2.05, 4.69) is 43.5 Å². The van der Waals surface area contributed by atoms with Gasteiger partial charge < -0.3 is 89.9 Å². The average Bonchev–Trinajstić information content (AvgIpc) is 3.37. The van der Waals surface area contributed by atoms with E-state index in [4.69, 9.17) is 28.4 Å². The number of carbonyl (C=O) groups is 1. The molecule has 0 spiro atoms. The molecular formula is C53H95NO18. The van der Waals surface area contributed by atoms with Crippen molar-refractivity contribution in [3.8, 4) is 0 Å². The monoisotopic (exact) mass is 1030 g/mol. The number of amides is 1. The number of aliphatic hydroxyl groups is 11. The van der Waals surface area contributed by atoms with Crippen LogP contribution in [0.15, 0.2) is 36.5 Å². The van der Waals surface area contributed by atoms with E-state index in [1.165, 1.54) is 83.5 Å². The summed E-state index contributed by atoms with van der Waals surface area (Å²) >= 11 is 0. The number of unbranched alkanes of at least 4 members (excludes halogenated alkanes) is 18. The Labute approximate surface area is 428 Å². The number of aliphatic hydroxyl groups excluding tert-OH is 11. The summed E-state index contributed by atoms with van der Waals surface area (Å²) < 4.78 is 34.1. The zero-order chi connectivity index (χ0) is 52.7. The number of hydrogen-bond acceptors (Lipinski definition) is 18. The predicted octanol–water partition coefficient (Wildman–Crippen LogP) is 2.98. The minimum Gasteiger partial charge on any atom is -0.394 e. The molecule has 72 heavy (non-hydrogen) atoms. The second-order valence-corrected chi connectivity index (χ2v) is 19.7. The predicted molar refractivity (Wildman–Crippen MR) is 268 cm³/mol. The van der Waals surface area contributed by atoms with Crippen molar-refractivity contribution in [3.05, 3.63) is 36.5 Å². The number of rotatable bonds is 38. The van der Waals surface area contributed by atoms with Crippen molar-refractivity contribution in [2.75, 3.05) is 26.4 Å². The molecule has 0 saturated carbocycles. The molecule has 17 unspecified atom stereocenters. The third-order valence-corrected chi connectivity index (χ3v) is 13.7. The fourth-order valence-electron chi connectivity index (χ4n) is 9.09. The van der Waals surface area contributed by atoms with Gasteiger partial charge >= 0.3 is 0 Å². The van der Waals surface area contributed by atoms with E-state index in [1.54, 1.807) is 6.08 Å². The van der Waals surface area contributed by atoms with Crippen LogP contribution in [0.1, 0.15) is 162 Å². The van der Waals surface area contributed by atoms with Gasteiger partial charge in [-0.2, -0.15) is 0 Å². The Balaban J connectivity index is 1.55. The largest absolute Gasteiger partial charge is 0.394 e. The van der Waals surface area contributed by atoms with E-state index in [0.717, 1.165) is 44.9 Å². The second kappa shape index (κ2) is 37.7. The van der Waals surface area contributed by atoms with Crippen molar-refractivity contribution < 1.29 is 89.4 Å². The van der Waals surface area contributed by atoms with Crippen molar-refractivity contribution >= 4 is 5.91 Å². The Morgan fingerprint density at radius 2 is 0.889 bits per heavy atom. The van der Waals surface area contributed by atoms with Gasteiger partial charge in [0.25, 0.3) is 0 Å². The first-order valence-electron chi connectivity index (χ1n) is 27.2. The van der Waals surface area contributed by atoms with Crippen LogP contribution in [0.5, 0.6) is 0 Å². The molecule has 0 aromatic carbocycles. The fraction of sp³-hybridized carbons (Fsp3) is 0.868. The van der Waals surface area contributed by atoms with Gasteiger partial charge in [-0.05, 0) is 38.5 Å². The minimum absolute atomic E-state index is 0.234. The third kappa shape index (κ3) is 22.7. The van der Waals surface area contributed by atoms with Crippen LogP contribution in [-0.4, -0.2) is 193 Å². The zero-order valence-corrected chi connectivity index (χ0v) is 43.1. The molecule has 12 N–H and O–H groups in total. The zero-order valence-electron chi connectivity index (χ0n) is 43.1. The standard InChI is InChI=1S/C53H95NO18/c1-3-5-7-9-11-13-15-17-18-19-21-23-25-27-29-31-41(59)54-36(37(58)30-28-26-24-22-20-16-14-12-10-8-6-4-2)35-67-51-47(65)44(62)49(39(33-56)69-51)72-53-48(66)45(63)50(40(34-57)70-53)71-52-46(64)43(61)42(60)38(32-55)68-52/h10,12,20,22,28,30,36-40,42-53,55-58,60-66H,3-9,11,13-19,21,23-27,29,31-35H2,1-2H3,(H,54,59)/b12-10+,22-20+,30-28+. The summed E-state index contributed by atoms with van der Waals surface area (Å²) in [5, 5.41) is 120. The van der Waals surface area contributed by atoms with Crippen LogP contribution < -0.4 is 5.32 Å². The average molecular weight is 1030 g/mol. The quantitative estimate of drug-likeness (QED) is 0.0313. The summed E-state index contributed by atoms with van der Waals surface area (Å²) in [6.45, 7) is 1.61. The number of carbonyl (C=O) groups excluding carboxylic acids is 1. The molecule has 17 atom stereocenters. The highest BCUT2D eigenvalue weighted by Gasteiger charge is 2.53. The van der Waals surface area contributed by atoms with E-state index in [9.17, 15) is 61.0 Å². The molecule has 3 saturated heterocycles. The van der Waals surface area contributed by atoms with Crippen molar-refractivity contribution in [2.24, 2.45) is 0 Å². The SMILES string of the molecule is CCCC/C=C/CC/C=C/CC/C=C/C(O)C(COC1OC(CO)C(OC2OC(CO)C(OC3OC(CO)C(O)C(O)C3O)C(O)C2O)C(O)C1O)NC(=O)CCCCCCCCCCCCCCCCC. The maximum Gasteiger partial charge on any atom is 0.220 e. The molecule has 3 rings (SSSR count). The first-order valence-corrected chi connectivity index (χ1v) is 27.2. The molecule has 0 aromatic rings. The van der Waals surface area contributed by atoms with Gasteiger partial charge in [-0.15, -0.1) is 0 Å². The van der Waals surface area contributed by atoms with Crippen LogP contribution in [0.4, 0.5) is 0 Å². The number of nitrogens with one attached hydrogen (secondary N) is 1. The first kappa shape index (κ1) is 64.3. The van der Waals surface area contributed by atoms with Crippen molar-refractivity contribution in [3.63, 3.8) is 0 Å². The lowest BCUT2D eigenvalue weighted by Gasteiger charge is -2.48. The highest BCUT2D eigenvalue weighted by molar-refractivity contribution is 5.76. The molecule has 0 radical (unpaired) electrons. The van der Waals surface area contributed by atoms with Gasteiger partial charge in [0.1, 0.15) is 73.2 Å². The van der Waals surface area contributed by atoms with E-state index in [-0.39, 0.29) is 18.9 Å². The lowest BCUT2D eigenvalue weighted by molar-refractivity contribution is -0.379. The molecule has 420 valence electrons. The van der Waals surface area contributed by atoms with Gasteiger partial charge in [0.2, 0.25) is 5.91 Å². The molecule has 3 aliphatic heterocycles. The summed E-state index contributed by atoms with van der Waals surface area (Å²) in [6, 6.07) is -0.990. The Morgan fingerprint density at radius 1 is 0.486 bits per heavy atom. The second-order valence-electron chi connectivity index (χ2n) is 19.7. The fourth-order valence-corrected chi connectivity index (χ4v) is 9.09. The summed E-state index contributed by atoms with van der Waals surface area (Å²) in [5.74, 6) is -0.292. The van der Waals surface area contributed by atoms with Crippen LogP contribution in [0.2, 0.25) is 0 Å². The topological polar surface area (TPSA) is 307 Å². The molecular weight excluding hydrogens is 939 g/mol. The summed E-state index contributed by atoms with van der Waals surface area (Å²) in [4.78, 5) is 13.2. The highest BCUT2D eigenvalue weighted by atomic mass is 16.8.